The van der Waals surface area contributed by atoms with Crippen molar-refractivity contribution >= 4 is 11.9 Å². The Kier molecular flexibility index (Phi) is 12.5. The third-order valence-electron chi connectivity index (χ3n) is 4.72. The van der Waals surface area contributed by atoms with Gasteiger partial charge in [0.15, 0.2) is 6.04 Å². The maximum Gasteiger partial charge on any atom is 0.430 e. The molecule has 1 fully saturated rings. The fourth-order valence-electron chi connectivity index (χ4n) is 3.05. The van der Waals surface area contributed by atoms with E-state index >= 15 is 0 Å². The van der Waals surface area contributed by atoms with E-state index in [4.69, 9.17) is 19.8 Å². The largest absolute Gasteiger partial charge is 0.542 e. The number of carbonyl (C=O) groups is 2. The predicted octanol–water partition coefficient (Wildman–Crippen LogP) is -0.967. The quantitative estimate of drug-likeness (QED) is 0.404. The van der Waals surface area contributed by atoms with Gasteiger partial charge in [-0.15, -0.1) is 0 Å². The molecule has 196 valence electrons. The van der Waals surface area contributed by atoms with Crippen LogP contribution in [0.5, 0.6) is 0 Å². The third-order valence-corrected chi connectivity index (χ3v) is 4.72. The van der Waals surface area contributed by atoms with Gasteiger partial charge in [0.1, 0.15) is 38.1 Å². The van der Waals surface area contributed by atoms with Crippen molar-refractivity contribution in [3.8, 4) is 11.8 Å². The molecular formula is C24H24F6N2O4. The van der Waals surface area contributed by atoms with E-state index in [9.17, 15) is 26.3 Å². The molecule has 0 radical (unpaired) electrons. The molecule has 1 atom stereocenters. The second kappa shape index (κ2) is 14.8. The number of hydrogen-bond acceptors (Lipinski definition) is 4. The van der Waals surface area contributed by atoms with Crippen LogP contribution in [0.2, 0.25) is 0 Å². The van der Waals surface area contributed by atoms with Crippen molar-refractivity contribution in [2.24, 2.45) is 0 Å². The Morgan fingerprint density at radius 3 is 1.67 bits per heavy atom. The van der Waals surface area contributed by atoms with Crippen molar-refractivity contribution < 1.29 is 56.4 Å². The molecule has 0 aliphatic carbocycles. The van der Waals surface area contributed by atoms with Crippen LogP contribution in [0, 0.1) is 11.8 Å². The lowest BCUT2D eigenvalue weighted by molar-refractivity contribution is -0.965. The van der Waals surface area contributed by atoms with Gasteiger partial charge >= 0.3 is 12.4 Å². The Labute approximate surface area is 203 Å². The number of carbonyl (C=O) groups excluding carboxylic acids is 2. The first-order valence-corrected chi connectivity index (χ1v) is 10.6. The number of nitrogens with two attached hydrogens (primary N) is 1. The van der Waals surface area contributed by atoms with E-state index in [0.29, 0.717) is 6.04 Å². The monoisotopic (exact) mass is 518 g/mol. The van der Waals surface area contributed by atoms with E-state index in [2.05, 4.69) is 77.8 Å². The fraction of sp³-hybridized carbons (Fsp3) is 0.333. The number of nitrogens with one attached hydrogen (secondary N) is 1. The minimum Gasteiger partial charge on any atom is -0.542 e. The molecule has 3 N–H and O–H groups in total. The van der Waals surface area contributed by atoms with Crippen LogP contribution in [0.3, 0.4) is 0 Å². The Hall–Kier alpha value is -3.56. The summed E-state index contributed by atoms with van der Waals surface area (Å²) < 4.78 is 63.1. The number of rotatable bonds is 3. The molecule has 0 bridgehead atoms. The lowest BCUT2D eigenvalue weighted by Gasteiger charge is -2.27. The molecule has 1 saturated heterocycles. The molecule has 12 heteroatoms. The maximum atomic E-state index is 10.5. The Morgan fingerprint density at radius 1 is 0.833 bits per heavy atom. The average Bonchev–Trinajstić information content (AvgIpc) is 2.83. The minimum absolute atomic E-state index is 0.304. The lowest BCUT2D eigenvalue weighted by Crippen LogP contribution is -3.20. The summed E-state index contributed by atoms with van der Waals surface area (Å²) in [6.45, 7) is 4.80. The highest BCUT2D eigenvalue weighted by Crippen LogP contribution is 2.12. The van der Waals surface area contributed by atoms with E-state index in [-0.39, 0.29) is 0 Å². The highest BCUT2D eigenvalue weighted by molar-refractivity contribution is 5.71. The molecule has 1 unspecified atom stereocenters. The average molecular weight is 518 g/mol. The molecule has 1 heterocycles. The van der Waals surface area contributed by atoms with Crippen molar-refractivity contribution in [3.05, 3.63) is 71.8 Å². The van der Waals surface area contributed by atoms with Gasteiger partial charge in [-0.25, -0.2) is 0 Å². The lowest BCUT2D eigenvalue weighted by atomic mass is 10.0. The van der Waals surface area contributed by atoms with Gasteiger partial charge in [-0.1, -0.05) is 66.6 Å². The summed E-state index contributed by atoms with van der Waals surface area (Å²) in [6, 6.07) is 21.6. The molecular weight excluding hydrogens is 494 g/mol. The van der Waals surface area contributed by atoms with Gasteiger partial charge in [0.05, 0.1) is 0 Å². The van der Waals surface area contributed by atoms with Gasteiger partial charge in [0.25, 0.3) is 0 Å². The summed E-state index contributed by atoms with van der Waals surface area (Å²) in [4.78, 5) is 19.2. The molecule has 2 aromatic rings. The first kappa shape index (κ1) is 30.5. The topological polar surface area (TPSA) is 101 Å². The van der Waals surface area contributed by atoms with Crippen LogP contribution in [-0.4, -0.2) is 50.5 Å². The van der Waals surface area contributed by atoms with Gasteiger partial charge in [0, 0.05) is 12.0 Å². The highest BCUT2D eigenvalue weighted by atomic mass is 19.4. The van der Waals surface area contributed by atoms with Crippen LogP contribution in [0.1, 0.15) is 17.2 Å². The summed E-state index contributed by atoms with van der Waals surface area (Å²) in [5.41, 5.74) is 2.64. The van der Waals surface area contributed by atoms with Crippen LogP contribution in [0.15, 0.2) is 60.7 Å². The molecule has 2 aromatic carbocycles. The number of quaternary nitrogens is 2. The van der Waals surface area contributed by atoms with Crippen LogP contribution in [-0.2, 0) is 16.0 Å². The molecule has 3 rings (SSSR count). The Morgan fingerprint density at radius 2 is 1.25 bits per heavy atom. The summed E-state index contributed by atoms with van der Waals surface area (Å²) in [5, 5.41) is 20.0. The van der Waals surface area contributed by atoms with Gasteiger partial charge < -0.3 is 30.0 Å². The molecule has 0 amide bonds. The SMILES string of the molecule is C(#CC(c1ccccc1)[NH+]1CC[NH2+]CC1)Cc1ccccc1.O=C([O-])C(F)(F)F.O=C([O-])C(F)(F)F. The summed E-state index contributed by atoms with van der Waals surface area (Å²) >= 11 is 0. The Balaban J connectivity index is 0.000000383. The Bertz CT molecular complexity index is 972. The number of carboxylic acid groups (broad SMARTS) is 2. The highest BCUT2D eigenvalue weighted by Gasteiger charge is 2.29. The summed E-state index contributed by atoms with van der Waals surface area (Å²) in [5.74, 6) is 0.956. The van der Waals surface area contributed by atoms with Crippen LogP contribution < -0.4 is 20.4 Å². The number of carboxylic acids is 2. The van der Waals surface area contributed by atoms with Crippen LogP contribution in [0.4, 0.5) is 26.3 Å². The fourth-order valence-corrected chi connectivity index (χ4v) is 3.05. The van der Waals surface area contributed by atoms with Crippen molar-refractivity contribution in [2.75, 3.05) is 26.2 Å². The molecule has 1 aliphatic rings. The van der Waals surface area contributed by atoms with E-state index < -0.39 is 24.3 Å². The molecule has 6 nitrogen and oxygen atoms in total. The maximum absolute atomic E-state index is 10.5. The van der Waals surface area contributed by atoms with Gasteiger partial charge in [-0.05, 0) is 11.5 Å². The molecule has 0 spiro atoms. The van der Waals surface area contributed by atoms with Gasteiger partial charge in [-0.3, -0.25) is 0 Å². The van der Waals surface area contributed by atoms with Crippen molar-refractivity contribution in [2.45, 2.75) is 24.8 Å². The first-order chi connectivity index (χ1) is 16.8. The smallest absolute Gasteiger partial charge is 0.430 e. The van der Waals surface area contributed by atoms with Gasteiger partial charge in [-0.2, -0.15) is 26.3 Å². The molecule has 0 saturated carbocycles. The minimum atomic E-state index is -5.19. The molecule has 36 heavy (non-hydrogen) atoms. The molecule has 0 aromatic heterocycles. The van der Waals surface area contributed by atoms with Crippen LogP contribution in [0.25, 0.3) is 0 Å². The van der Waals surface area contributed by atoms with Crippen molar-refractivity contribution in [1.82, 2.24) is 0 Å². The summed E-state index contributed by atoms with van der Waals surface area (Å²) in [6.07, 6.45) is -9.55. The zero-order valence-corrected chi connectivity index (χ0v) is 18.9. The van der Waals surface area contributed by atoms with E-state index in [0.717, 1.165) is 6.42 Å². The number of piperazine rings is 1. The zero-order valence-electron chi connectivity index (χ0n) is 18.9. The zero-order chi connectivity index (χ0) is 27.2. The first-order valence-electron chi connectivity index (χ1n) is 10.6. The third kappa shape index (κ3) is 12.2. The van der Waals surface area contributed by atoms with Crippen molar-refractivity contribution in [3.63, 3.8) is 0 Å². The molecule has 1 aliphatic heterocycles. The van der Waals surface area contributed by atoms with E-state index in [1.807, 2.05) is 0 Å². The number of halogens is 6. The standard InChI is InChI=1S/C20H22N2.2C2HF3O2/c1-3-8-18(9-4-1)10-7-13-20(19-11-5-2-6-12-19)22-16-14-21-15-17-22;2*3-2(4,5)1(6)7/h1-6,8-9,11-12,20-21H,10,14-17H2;2*(H,6,7). The second-order valence-electron chi connectivity index (χ2n) is 7.42. The normalized spacial score (nSPS) is 14.5. The number of alkyl halides is 6. The van der Waals surface area contributed by atoms with E-state index in [1.54, 1.807) is 4.90 Å². The summed E-state index contributed by atoms with van der Waals surface area (Å²) in [7, 11) is 0. The van der Waals surface area contributed by atoms with E-state index in [1.165, 1.54) is 37.3 Å². The number of benzene rings is 2. The van der Waals surface area contributed by atoms with Crippen LogP contribution >= 0.6 is 0 Å². The number of aliphatic carboxylic acids is 2. The predicted molar refractivity (Wildman–Crippen MR) is 112 cm³/mol. The van der Waals surface area contributed by atoms with Crippen molar-refractivity contribution in [1.29, 1.82) is 0 Å². The number of hydrogen-bond donors (Lipinski definition) is 2. The van der Waals surface area contributed by atoms with Gasteiger partial charge in [0.2, 0.25) is 0 Å². The second-order valence-corrected chi connectivity index (χ2v) is 7.42.